The first kappa shape index (κ1) is 14.2. The highest BCUT2D eigenvalue weighted by atomic mass is 32.2. The Labute approximate surface area is 116 Å². The molecular formula is C11H16N4O2S2. The first-order valence-electron chi connectivity index (χ1n) is 5.69. The summed E-state index contributed by atoms with van der Waals surface area (Å²) in [6, 6.07) is 1.67. The second-order valence-electron chi connectivity index (χ2n) is 4.11. The SMILES string of the molecule is CNCc1cc(S(=O)(=O)NCc2cscn2)cn1C. The second-order valence-corrected chi connectivity index (χ2v) is 6.60. The van der Waals surface area contributed by atoms with Gasteiger partial charge >= 0.3 is 0 Å². The van der Waals surface area contributed by atoms with Crippen molar-refractivity contribution in [2.45, 2.75) is 18.0 Å². The Morgan fingerprint density at radius 2 is 2.21 bits per heavy atom. The van der Waals surface area contributed by atoms with E-state index in [9.17, 15) is 8.42 Å². The van der Waals surface area contributed by atoms with Crippen LogP contribution in [-0.4, -0.2) is 25.0 Å². The van der Waals surface area contributed by atoms with Crippen LogP contribution in [0.25, 0.3) is 0 Å². The molecule has 19 heavy (non-hydrogen) atoms. The quantitative estimate of drug-likeness (QED) is 0.822. The molecule has 0 aliphatic rings. The molecule has 0 amide bonds. The molecule has 104 valence electrons. The molecule has 0 aromatic carbocycles. The normalized spacial score (nSPS) is 11.9. The number of hydrogen-bond donors (Lipinski definition) is 2. The summed E-state index contributed by atoms with van der Waals surface area (Å²) in [5.41, 5.74) is 3.31. The van der Waals surface area contributed by atoms with E-state index in [-0.39, 0.29) is 11.4 Å². The molecule has 0 aliphatic heterocycles. The lowest BCUT2D eigenvalue weighted by molar-refractivity contribution is 0.580. The van der Waals surface area contributed by atoms with Crippen molar-refractivity contribution >= 4 is 21.4 Å². The molecule has 2 aromatic rings. The number of thiazole rings is 1. The van der Waals surface area contributed by atoms with Gasteiger partial charge in [0.05, 0.1) is 22.6 Å². The van der Waals surface area contributed by atoms with Gasteiger partial charge in [-0.25, -0.2) is 18.1 Å². The summed E-state index contributed by atoms with van der Waals surface area (Å²) in [5, 5.41) is 4.82. The van der Waals surface area contributed by atoms with Gasteiger partial charge in [0.1, 0.15) is 0 Å². The molecule has 0 fully saturated rings. The number of hydrogen-bond acceptors (Lipinski definition) is 5. The van der Waals surface area contributed by atoms with Gasteiger partial charge in [-0.15, -0.1) is 11.3 Å². The lowest BCUT2D eigenvalue weighted by Crippen LogP contribution is -2.23. The zero-order valence-electron chi connectivity index (χ0n) is 10.8. The number of nitrogens with zero attached hydrogens (tertiary/aromatic N) is 2. The summed E-state index contributed by atoms with van der Waals surface area (Å²) in [7, 11) is 0.156. The molecular weight excluding hydrogens is 284 g/mol. The summed E-state index contributed by atoms with van der Waals surface area (Å²) >= 11 is 1.44. The number of rotatable bonds is 6. The average molecular weight is 300 g/mol. The molecule has 0 saturated carbocycles. The molecule has 0 aliphatic carbocycles. The lowest BCUT2D eigenvalue weighted by atomic mass is 10.4. The Morgan fingerprint density at radius 3 is 2.84 bits per heavy atom. The zero-order valence-corrected chi connectivity index (χ0v) is 12.4. The fraction of sp³-hybridized carbons (Fsp3) is 0.364. The van der Waals surface area contributed by atoms with E-state index in [0.717, 1.165) is 11.4 Å². The maximum atomic E-state index is 12.1. The summed E-state index contributed by atoms with van der Waals surface area (Å²) in [6.45, 7) is 0.834. The van der Waals surface area contributed by atoms with E-state index >= 15 is 0 Å². The monoisotopic (exact) mass is 300 g/mol. The molecule has 0 radical (unpaired) electrons. The Morgan fingerprint density at radius 1 is 1.42 bits per heavy atom. The Bertz CT molecular complexity index is 632. The highest BCUT2D eigenvalue weighted by Gasteiger charge is 2.17. The van der Waals surface area contributed by atoms with Gasteiger partial charge in [0.25, 0.3) is 0 Å². The molecule has 2 N–H and O–H groups in total. The van der Waals surface area contributed by atoms with Crippen molar-refractivity contribution in [2.24, 2.45) is 7.05 Å². The topological polar surface area (TPSA) is 76.0 Å². The summed E-state index contributed by atoms with van der Waals surface area (Å²) in [4.78, 5) is 4.32. The predicted octanol–water partition coefficient (Wildman–Crippen LogP) is 0.679. The van der Waals surface area contributed by atoms with Crippen molar-refractivity contribution < 1.29 is 8.42 Å². The van der Waals surface area contributed by atoms with Crippen LogP contribution in [0, 0.1) is 0 Å². The molecule has 0 unspecified atom stereocenters. The van der Waals surface area contributed by atoms with Crippen LogP contribution >= 0.6 is 11.3 Å². The first-order valence-corrected chi connectivity index (χ1v) is 8.12. The van der Waals surface area contributed by atoms with Gasteiger partial charge in [0, 0.05) is 30.9 Å². The molecule has 6 nitrogen and oxygen atoms in total. The van der Waals surface area contributed by atoms with Gasteiger partial charge in [-0.3, -0.25) is 0 Å². The van der Waals surface area contributed by atoms with Gasteiger partial charge in [-0.05, 0) is 13.1 Å². The van der Waals surface area contributed by atoms with Gasteiger partial charge < -0.3 is 9.88 Å². The summed E-state index contributed by atoms with van der Waals surface area (Å²) < 4.78 is 28.6. The number of nitrogens with one attached hydrogen (secondary N) is 2. The Balaban J connectivity index is 2.12. The van der Waals surface area contributed by atoms with E-state index in [0.29, 0.717) is 6.54 Å². The molecule has 8 heteroatoms. The lowest BCUT2D eigenvalue weighted by Gasteiger charge is -2.02. The third kappa shape index (κ3) is 3.41. The van der Waals surface area contributed by atoms with Crippen molar-refractivity contribution in [1.29, 1.82) is 0 Å². The molecule has 0 saturated heterocycles. The van der Waals surface area contributed by atoms with Crippen molar-refractivity contribution in [3.05, 3.63) is 34.5 Å². The Kier molecular flexibility index (Phi) is 4.35. The average Bonchev–Trinajstić information content (AvgIpc) is 2.98. The molecule has 2 heterocycles. The fourth-order valence-corrected chi connectivity index (χ4v) is 3.31. The predicted molar refractivity (Wildman–Crippen MR) is 74.3 cm³/mol. The summed E-state index contributed by atoms with van der Waals surface area (Å²) in [6.07, 6.45) is 1.61. The van der Waals surface area contributed by atoms with Gasteiger partial charge in [0.15, 0.2) is 0 Å². The molecule has 0 atom stereocenters. The highest BCUT2D eigenvalue weighted by molar-refractivity contribution is 7.89. The van der Waals surface area contributed by atoms with E-state index < -0.39 is 10.0 Å². The van der Waals surface area contributed by atoms with Gasteiger partial charge in [-0.1, -0.05) is 0 Å². The number of aryl methyl sites for hydroxylation is 1. The standard InChI is InChI=1S/C11H16N4O2S2/c1-12-5-10-3-11(6-15(10)2)19(16,17)14-4-9-7-18-8-13-9/h3,6-8,12,14H,4-5H2,1-2H3. The van der Waals surface area contributed by atoms with E-state index in [4.69, 9.17) is 0 Å². The van der Waals surface area contributed by atoms with Gasteiger partial charge in [-0.2, -0.15) is 0 Å². The third-order valence-electron chi connectivity index (χ3n) is 2.68. The Hall–Kier alpha value is -1.22. The van der Waals surface area contributed by atoms with Crippen LogP contribution in [-0.2, 0) is 30.2 Å². The van der Waals surface area contributed by atoms with Crippen molar-refractivity contribution in [2.75, 3.05) is 7.05 Å². The fourth-order valence-electron chi connectivity index (χ4n) is 1.66. The minimum Gasteiger partial charge on any atom is -0.352 e. The number of aromatic nitrogens is 2. The van der Waals surface area contributed by atoms with Crippen LogP contribution in [0.3, 0.4) is 0 Å². The minimum absolute atomic E-state index is 0.210. The van der Waals surface area contributed by atoms with Crippen LogP contribution < -0.4 is 10.0 Å². The molecule has 0 spiro atoms. The van der Waals surface area contributed by atoms with Crippen LogP contribution in [0.2, 0.25) is 0 Å². The van der Waals surface area contributed by atoms with Crippen molar-refractivity contribution in [3.63, 3.8) is 0 Å². The van der Waals surface area contributed by atoms with Crippen LogP contribution in [0.5, 0.6) is 0 Å². The molecule has 0 bridgehead atoms. The van der Waals surface area contributed by atoms with Crippen molar-refractivity contribution in [1.82, 2.24) is 19.6 Å². The van der Waals surface area contributed by atoms with Crippen LogP contribution in [0.15, 0.2) is 28.0 Å². The largest absolute Gasteiger partial charge is 0.352 e. The van der Waals surface area contributed by atoms with Crippen molar-refractivity contribution in [3.8, 4) is 0 Å². The minimum atomic E-state index is -3.49. The third-order valence-corrected chi connectivity index (χ3v) is 4.68. The highest BCUT2D eigenvalue weighted by Crippen LogP contribution is 2.14. The van der Waals surface area contributed by atoms with E-state index in [2.05, 4.69) is 15.0 Å². The van der Waals surface area contributed by atoms with Gasteiger partial charge in [0.2, 0.25) is 10.0 Å². The molecule has 2 aromatic heterocycles. The van der Waals surface area contributed by atoms with E-state index in [1.54, 1.807) is 22.3 Å². The van der Waals surface area contributed by atoms with E-state index in [1.807, 2.05) is 19.5 Å². The zero-order chi connectivity index (χ0) is 13.9. The molecule has 2 rings (SSSR count). The first-order chi connectivity index (χ1) is 9.03. The maximum Gasteiger partial charge on any atom is 0.242 e. The van der Waals surface area contributed by atoms with E-state index in [1.165, 1.54) is 11.3 Å². The maximum absolute atomic E-state index is 12.1. The van der Waals surface area contributed by atoms with Crippen LogP contribution in [0.4, 0.5) is 0 Å². The smallest absolute Gasteiger partial charge is 0.242 e. The second kappa shape index (κ2) is 5.83. The van der Waals surface area contributed by atoms with Crippen LogP contribution in [0.1, 0.15) is 11.4 Å². The summed E-state index contributed by atoms with van der Waals surface area (Å²) in [5.74, 6) is 0. The number of sulfonamides is 1.